The monoisotopic (exact) mass is 437 g/mol. The molecule has 2 aromatic heterocycles. The van der Waals surface area contributed by atoms with E-state index < -0.39 is 0 Å². The quantitative estimate of drug-likeness (QED) is 0.477. The first kappa shape index (κ1) is 19.7. The molecule has 1 aliphatic rings. The molecule has 158 valence electrons. The number of aromatic nitrogens is 4. The van der Waals surface area contributed by atoms with Gasteiger partial charge in [0.25, 0.3) is 5.56 Å². The Morgan fingerprint density at radius 1 is 1.10 bits per heavy atom. The molecule has 0 saturated heterocycles. The van der Waals surface area contributed by atoms with Gasteiger partial charge in [0.1, 0.15) is 5.82 Å². The van der Waals surface area contributed by atoms with Gasteiger partial charge in [-0.25, -0.2) is 4.39 Å². The van der Waals surface area contributed by atoms with Gasteiger partial charge in [-0.3, -0.25) is 18.6 Å². The van der Waals surface area contributed by atoms with Crippen LogP contribution < -0.4 is 10.9 Å². The Labute approximate surface area is 181 Å². The fourth-order valence-corrected chi connectivity index (χ4v) is 4.88. The van der Waals surface area contributed by atoms with E-state index in [1.54, 1.807) is 4.57 Å². The average Bonchev–Trinajstić information content (AvgIpc) is 3.45. The molecule has 1 aliphatic carbocycles. The first-order chi connectivity index (χ1) is 15.1. The first-order valence-corrected chi connectivity index (χ1v) is 11.2. The topological polar surface area (TPSA) is 81.3 Å². The Kier molecular flexibility index (Phi) is 5.19. The van der Waals surface area contributed by atoms with Crippen LogP contribution >= 0.6 is 11.8 Å². The maximum Gasteiger partial charge on any atom is 0.263 e. The summed E-state index contributed by atoms with van der Waals surface area (Å²) in [6.07, 6.45) is 4.08. The van der Waals surface area contributed by atoms with E-state index in [0.717, 1.165) is 31.2 Å². The van der Waals surface area contributed by atoms with Crippen molar-refractivity contribution < 1.29 is 9.18 Å². The van der Waals surface area contributed by atoms with E-state index in [4.69, 9.17) is 0 Å². The number of nitrogens with one attached hydrogen (secondary N) is 1. The van der Waals surface area contributed by atoms with Crippen LogP contribution in [0.4, 0.5) is 10.1 Å². The molecule has 1 amide bonds. The van der Waals surface area contributed by atoms with Gasteiger partial charge in [0.2, 0.25) is 11.7 Å². The molecule has 0 radical (unpaired) electrons. The molecular weight excluding hydrogens is 417 g/mol. The van der Waals surface area contributed by atoms with Crippen LogP contribution in [0.15, 0.2) is 58.5 Å². The zero-order valence-corrected chi connectivity index (χ0v) is 17.4. The van der Waals surface area contributed by atoms with Gasteiger partial charge in [0, 0.05) is 11.7 Å². The zero-order valence-electron chi connectivity index (χ0n) is 16.6. The summed E-state index contributed by atoms with van der Waals surface area (Å²) >= 11 is 1.25. The first-order valence-electron chi connectivity index (χ1n) is 10.2. The molecule has 2 heterocycles. The van der Waals surface area contributed by atoms with Crippen molar-refractivity contribution >= 4 is 40.0 Å². The van der Waals surface area contributed by atoms with Crippen LogP contribution in [-0.2, 0) is 4.79 Å². The number of fused-ring (bicyclic) bond motifs is 3. The van der Waals surface area contributed by atoms with Crippen LogP contribution in [0, 0.1) is 5.82 Å². The molecule has 0 spiro atoms. The second-order valence-corrected chi connectivity index (χ2v) is 8.53. The molecule has 2 aromatic carbocycles. The van der Waals surface area contributed by atoms with Crippen molar-refractivity contribution in [1.29, 1.82) is 0 Å². The number of halogens is 1. The van der Waals surface area contributed by atoms with E-state index in [0.29, 0.717) is 22.0 Å². The molecule has 31 heavy (non-hydrogen) atoms. The van der Waals surface area contributed by atoms with Crippen LogP contribution in [0.25, 0.3) is 16.7 Å². The molecule has 9 heteroatoms. The molecule has 4 aromatic rings. The smallest absolute Gasteiger partial charge is 0.263 e. The number of carbonyl (C=O) groups is 1. The summed E-state index contributed by atoms with van der Waals surface area (Å²) in [4.78, 5) is 25.6. The number of nitrogens with zero attached hydrogens (tertiary/aromatic N) is 4. The number of hydrogen-bond acceptors (Lipinski definition) is 5. The Bertz CT molecular complexity index is 1330. The molecule has 0 bridgehead atoms. The van der Waals surface area contributed by atoms with Gasteiger partial charge in [-0.1, -0.05) is 36.7 Å². The second-order valence-electron chi connectivity index (χ2n) is 7.59. The predicted molar refractivity (Wildman–Crippen MR) is 118 cm³/mol. The lowest BCUT2D eigenvalue weighted by atomic mass is 10.2. The lowest BCUT2D eigenvalue weighted by Crippen LogP contribution is -2.26. The Morgan fingerprint density at radius 3 is 2.61 bits per heavy atom. The number of para-hydroxylation sites is 1. The second kappa shape index (κ2) is 8.14. The maximum absolute atomic E-state index is 13.2. The number of anilines is 1. The Balaban J connectivity index is 1.49. The van der Waals surface area contributed by atoms with E-state index >= 15 is 0 Å². The normalized spacial score (nSPS) is 14.5. The van der Waals surface area contributed by atoms with Gasteiger partial charge in [-0.05, 0) is 49.2 Å². The van der Waals surface area contributed by atoms with Gasteiger partial charge in [0.15, 0.2) is 5.16 Å². The summed E-state index contributed by atoms with van der Waals surface area (Å²) in [5, 5.41) is 12.5. The van der Waals surface area contributed by atoms with Gasteiger partial charge in [0.05, 0.1) is 16.7 Å². The molecular formula is C22H20FN5O2S. The minimum Gasteiger partial charge on any atom is -0.325 e. The van der Waals surface area contributed by atoms with Gasteiger partial charge < -0.3 is 5.32 Å². The summed E-state index contributed by atoms with van der Waals surface area (Å²) in [6, 6.07) is 13.1. The zero-order chi connectivity index (χ0) is 21.4. The van der Waals surface area contributed by atoms with Crippen LogP contribution in [0.3, 0.4) is 0 Å². The number of amides is 1. The fraction of sp³-hybridized carbons (Fsp3) is 0.273. The van der Waals surface area contributed by atoms with Crippen molar-refractivity contribution in [2.75, 3.05) is 11.1 Å². The van der Waals surface area contributed by atoms with E-state index in [1.165, 1.54) is 36.0 Å². The highest BCUT2D eigenvalue weighted by molar-refractivity contribution is 7.99. The van der Waals surface area contributed by atoms with Crippen molar-refractivity contribution in [3.63, 3.8) is 0 Å². The van der Waals surface area contributed by atoms with Crippen LogP contribution in [0.2, 0.25) is 0 Å². The summed E-state index contributed by atoms with van der Waals surface area (Å²) in [5.74, 6) is 0.0241. The number of thioether (sulfide) groups is 1. The molecule has 7 nitrogen and oxygen atoms in total. The fourth-order valence-electron chi connectivity index (χ4n) is 4.14. The lowest BCUT2D eigenvalue weighted by Gasteiger charge is -2.16. The van der Waals surface area contributed by atoms with E-state index in [9.17, 15) is 14.0 Å². The highest BCUT2D eigenvalue weighted by atomic mass is 32.2. The molecule has 1 saturated carbocycles. The molecule has 0 atom stereocenters. The van der Waals surface area contributed by atoms with Crippen LogP contribution in [-0.4, -0.2) is 30.8 Å². The number of hydrogen-bond donors (Lipinski definition) is 1. The molecule has 0 aliphatic heterocycles. The third kappa shape index (κ3) is 3.69. The van der Waals surface area contributed by atoms with E-state index in [2.05, 4.69) is 15.5 Å². The van der Waals surface area contributed by atoms with Crippen molar-refractivity contribution in [3.8, 4) is 0 Å². The Hall–Kier alpha value is -3.20. The van der Waals surface area contributed by atoms with Crippen molar-refractivity contribution in [2.24, 2.45) is 0 Å². The highest BCUT2D eigenvalue weighted by Gasteiger charge is 2.24. The summed E-state index contributed by atoms with van der Waals surface area (Å²) in [7, 11) is 0. The van der Waals surface area contributed by atoms with Crippen molar-refractivity contribution in [3.05, 3.63) is 64.7 Å². The number of rotatable bonds is 5. The highest BCUT2D eigenvalue weighted by Crippen LogP contribution is 2.31. The minimum absolute atomic E-state index is 0.0481. The van der Waals surface area contributed by atoms with Gasteiger partial charge in [-0.2, -0.15) is 0 Å². The molecule has 1 fully saturated rings. The van der Waals surface area contributed by atoms with Crippen molar-refractivity contribution in [1.82, 2.24) is 19.2 Å². The van der Waals surface area contributed by atoms with Crippen LogP contribution in [0.1, 0.15) is 31.7 Å². The van der Waals surface area contributed by atoms with E-state index in [-0.39, 0.29) is 29.1 Å². The SMILES string of the molecule is O=C(CSc1nnc2n(C3CCCC3)c(=O)c3ccccc3n12)Nc1ccc(F)cc1. The largest absolute Gasteiger partial charge is 0.325 e. The van der Waals surface area contributed by atoms with Crippen LogP contribution in [0.5, 0.6) is 0 Å². The van der Waals surface area contributed by atoms with E-state index in [1.807, 2.05) is 28.7 Å². The predicted octanol–water partition coefficient (Wildman–Crippen LogP) is 4.03. The number of benzene rings is 2. The maximum atomic E-state index is 13.2. The van der Waals surface area contributed by atoms with Crippen molar-refractivity contribution in [2.45, 2.75) is 36.9 Å². The van der Waals surface area contributed by atoms with Gasteiger partial charge in [-0.15, -0.1) is 10.2 Å². The third-order valence-corrected chi connectivity index (χ3v) is 6.51. The molecule has 5 rings (SSSR count). The Morgan fingerprint density at radius 2 is 1.84 bits per heavy atom. The summed E-state index contributed by atoms with van der Waals surface area (Å²) in [5.41, 5.74) is 1.20. The number of carbonyl (C=O) groups excluding carboxylic acids is 1. The standard InChI is InChI=1S/C22H20FN5O2S/c23-14-9-11-15(12-10-14)24-19(29)13-31-22-26-25-21-27(16-5-1-2-6-16)20(30)17-7-3-4-8-18(17)28(21)22/h3-4,7-12,16H,1-2,5-6,13H2,(H,24,29). The minimum atomic E-state index is -0.359. The molecule has 1 N–H and O–H groups in total. The summed E-state index contributed by atoms with van der Waals surface area (Å²) < 4.78 is 16.7. The lowest BCUT2D eigenvalue weighted by molar-refractivity contribution is -0.113. The third-order valence-electron chi connectivity index (χ3n) is 5.58. The van der Waals surface area contributed by atoms with Gasteiger partial charge >= 0.3 is 0 Å². The summed E-state index contributed by atoms with van der Waals surface area (Å²) in [6.45, 7) is 0. The average molecular weight is 438 g/mol. The molecule has 0 unspecified atom stereocenters.